The fraction of sp³-hybridized carbons (Fsp3) is 0.444. The Hall–Kier alpha value is -0.720. The summed E-state index contributed by atoms with van der Waals surface area (Å²) in [4.78, 5) is 19.4. The molecule has 0 radical (unpaired) electrons. The summed E-state index contributed by atoms with van der Waals surface area (Å²) in [5.74, 6) is 0.760. The number of nitrogens with zero attached hydrogens (tertiary/aromatic N) is 2. The van der Waals surface area contributed by atoms with Crippen LogP contribution in [0.3, 0.4) is 0 Å². The van der Waals surface area contributed by atoms with Gasteiger partial charge >= 0.3 is 0 Å². The van der Waals surface area contributed by atoms with Gasteiger partial charge in [0.05, 0.1) is 5.69 Å². The largest absolute Gasteiger partial charge is 0.359 e. The summed E-state index contributed by atoms with van der Waals surface area (Å²) >= 11 is 2.25. The Morgan fingerprint density at radius 1 is 1.64 bits per heavy atom. The van der Waals surface area contributed by atoms with Crippen LogP contribution in [0.5, 0.6) is 0 Å². The maximum atomic E-state index is 11.0. The van der Waals surface area contributed by atoms with Gasteiger partial charge in [-0.15, -0.1) is 0 Å². The zero-order valence-electron chi connectivity index (χ0n) is 7.96. The maximum absolute atomic E-state index is 11.0. The van der Waals surface area contributed by atoms with E-state index in [-0.39, 0.29) is 5.91 Å². The fourth-order valence-electron chi connectivity index (χ4n) is 0.986. The van der Waals surface area contributed by atoms with Crippen molar-refractivity contribution in [2.45, 2.75) is 17.3 Å². The standard InChI is InChI=1S/C9H12IN3O/c1-11-9(14)3-2-8-12-5-4-7(6-10)13-8/h4-5H,2-3,6H2,1H3,(H,11,14). The number of carbonyl (C=O) groups is 1. The lowest BCUT2D eigenvalue weighted by Crippen LogP contribution is -2.18. The highest BCUT2D eigenvalue weighted by atomic mass is 127. The average Bonchev–Trinajstić information content (AvgIpc) is 2.26. The van der Waals surface area contributed by atoms with E-state index < -0.39 is 0 Å². The Morgan fingerprint density at radius 2 is 2.43 bits per heavy atom. The van der Waals surface area contributed by atoms with Gasteiger partial charge in [-0.2, -0.15) is 0 Å². The quantitative estimate of drug-likeness (QED) is 0.669. The van der Waals surface area contributed by atoms with Gasteiger partial charge in [0.25, 0.3) is 0 Å². The zero-order chi connectivity index (χ0) is 10.4. The lowest BCUT2D eigenvalue weighted by atomic mass is 10.3. The first kappa shape index (κ1) is 11.4. The predicted octanol–water partition coefficient (Wildman–Crippen LogP) is 1.09. The second-order valence-electron chi connectivity index (χ2n) is 2.77. The molecule has 0 saturated carbocycles. The van der Waals surface area contributed by atoms with E-state index in [1.165, 1.54) is 0 Å². The first-order valence-corrected chi connectivity index (χ1v) is 5.86. The lowest BCUT2D eigenvalue weighted by Gasteiger charge is -2.00. The highest BCUT2D eigenvalue weighted by Gasteiger charge is 2.02. The van der Waals surface area contributed by atoms with Gasteiger partial charge in [0.1, 0.15) is 5.82 Å². The van der Waals surface area contributed by atoms with E-state index in [1.807, 2.05) is 6.07 Å². The van der Waals surface area contributed by atoms with Crippen molar-refractivity contribution in [1.29, 1.82) is 0 Å². The minimum absolute atomic E-state index is 0.0217. The van der Waals surface area contributed by atoms with Gasteiger partial charge in [0, 0.05) is 30.5 Å². The molecule has 0 spiro atoms. The van der Waals surface area contributed by atoms with Crippen LogP contribution < -0.4 is 5.32 Å². The van der Waals surface area contributed by atoms with Crippen molar-refractivity contribution >= 4 is 28.5 Å². The third-order valence-corrected chi connectivity index (χ3v) is 2.54. The second-order valence-corrected chi connectivity index (χ2v) is 3.53. The zero-order valence-corrected chi connectivity index (χ0v) is 10.1. The molecule has 0 aliphatic carbocycles. The maximum Gasteiger partial charge on any atom is 0.220 e. The summed E-state index contributed by atoms with van der Waals surface area (Å²) < 4.78 is 0.868. The van der Waals surface area contributed by atoms with E-state index in [1.54, 1.807) is 13.2 Å². The summed E-state index contributed by atoms with van der Waals surface area (Å²) in [5, 5.41) is 2.57. The van der Waals surface area contributed by atoms with Crippen LogP contribution >= 0.6 is 22.6 Å². The molecule has 0 aromatic carbocycles. The van der Waals surface area contributed by atoms with Gasteiger partial charge < -0.3 is 5.32 Å². The average molecular weight is 305 g/mol. The Labute approximate surface area is 96.7 Å². The highest BCUT2D eigenvalue weighted by molar-refractivity contribution is 14.1. The molecular formula is C9H12IN3O. The van der Waals surface area contributed by atoms with Crippen LogP contribution in [-0.2, 0) is 15.6 Å². The molecule has 4 nitrogen and oxygen atoms in total. The number of halogens is 1. The number of carbonyl (C=O) groups excluding carboxylic acids is 1. The Bertz CT molecular complexity index is 317. The molecular weight excluding hydrogens is 293 g/mol. The molecule has 0 aliphatic rings. The SMILES string of the molecule is CNC(=O)CCc1nccc(CI)n1. The van der Waals surface area contributed by atoms with Crippen LogP contribution in [0.25, 0.3) is 0 Å². The number of nitrogens with one attached hydrogen (secondary N) is 1. The van der Waals surface area contributed by atoms with Gasteiger partial charge in [-0.1, -0.05) is 22.6 Å². The van der Waals surface area contributed by atoms with Crippen molar-refractivity contribution in [3.8, 4) is 0 Å². The lowest BCUT2D eigenvalue weighted by molar-refractivity contribution is -0.120. The number of amides is 1. The number of aryl methyl sites for hydroxylation is 1. The molecule has 0 fully saturated rings. The summed E-state index contributed by atoms with van der Waals surface area (Å²) in [5.41, 5.74) is 1.01. The monoisotopic (exact) mass is 305 g/mol. The van der Waals surface area contributed by atoms with Gasteiger partial charge in [-0.25, -0.2) is 9.97 Å². The molecule has 14 heavy (non-hydrogen) atoms. The van der Waals surface area contributed by atoms with Crippen LogP contribution in [0.1, 0.15) is 17.9 Å². The Kier molecular flexibility index (Phi) is 4.78. The molecule has 0 bridgehead atoms. The summed E-state index contributed by atoms with van der Waals surface area (Å²) in [6.45, 7) is 0. The number of hydrogen-bond acceptors (Lipinski definition) is 3. The third kappa shape index (κ3) is 3.57. The molecule has 1 rings (SSSR count). The van der Waals surface area contributed by atoms with Crippen LogP contribution in [0.2, 0.25) is 0 Å². The van der Waals surface area contributed by atoms with Crippen molar-refractivity contribution in [2.75, 3.05) is 7.05 Å². The summed E-state index contributed by atoms with van der Waals surface area (Å²) in [6, 6.07) is 1.88. The van der Waals surface area contributed by atoms with E-state index in [2.05, 4.69) is 37.9 Å². The molecule has 5 heteroatoms. The normalized spacial score (nSPS) is 9.86. The Morgan fingerprint density at radius 3 is 3.07 bits per heavy atom. The topological polar surface area (TPSA) is 54.9 Å². The van der Waals surface area contributed by atoms with E-state index in [0.29, 0.717) is 12.8 Å². The number of hydrogen-bond donors (Lipinski definition) is 1. The molecule has 0 unspecified atom stereocenters. The predicted molar refractivity (Wildman–Crippen MR) is 62.1 cm³/mol. The molecule has 0 saturated heterocycles. The van der Waals surface area contributed by atoms with E-state index in [9.17, 15) is 4.79 Å². The summed E-state index contributed by atoms with van der Waals surface area (Å²) in [7, 11) is 1.63. The summed E-state index contributed by atoms with van der Waals surface area (Å²) in [6.07, 6.45) is 2.78. The van der Waals surface area contributed by atoms with Gasteiger partial charge in [-0.05, 0) is 6.07 Å². The molecule has 1 aromatic rings. The second kappa shape index (κ2) is 5.90. The molecule has 1 aromatic heterocycles. The number of aromatic nitrogens is 2. The van der Waals surface area contributed by atoms with Crippen LogP contribution in [-0.4, -0.2) is 22.9 Å². The molecule has 0 aliphatic heterocycles. The van der Waals surface area contributed by atoms with Crippen LogP contribution in [0.4, 0.5) is 0 Å². The minimum Gasteiger partial charge on any atom is -0.359 e. The van der Waals surface area contributed by atoms with Crippen LogP contribution in [0.15, 0.2) is 12.3 Å². The minimum atomic E-state index is 0.0217. The van der Waals surface area contributed by atoms with E-state index in [4.69, 9.17) is 0 Å². The first-order chi connectivity index (χ1) is 6.76. The molecule has 76 valence electrons. The first-order valence-electron chi connectivity index (χ1n) is 4.33. The Balaban J connectivity index is 2.54. The number of alkyl halides is 1. The van der Waals surface area contributed by atoms with E-state index >= 15 is 0 Å². The molecule has 1 amide bonds. The van der Waals surface area contributed by atoms with Crippen molar-refractivity contribution in [2.24, 2.45) is 0 Å². The highest BCUT2D eigenvalue weighted by Crippen LogP contribution is 2.03. The van der Waals surface area contributed by atoms with Crippen LogP contribution in [0, 0.1) is 0 Å². The third-order valence-electron chi connectivity index (χ3n) is 1.75. The molecule has 1 N–H and O–H groups in total. The molecule has 1 heterocycles. The van der Waals surface area contributed by atoms with E-state index in [0.717, 1.165) is 15.9 Å². The van der Waals surface area contributed by atoms with Crippen molar-refractivity contribution < 1.29 is 4.79 Å². The van der Waals surface area contributed by atoms with Gasteiger partial charge in [0.2, 0.25) is 5.91 Å². The fourth-order valence-corrected chi connectivity index (χ4v) is 1.41. The smallest absolute Gasteiger partial charge is 0.220 e. The molecule has 0 atom stereocenters. The van der Waals surface area contributed by atoms with Crippen molar-refractivity contribution in [3.63, 3.8) is 0 Å². The van der Waals surface area contributed by atoms with Crippen molar-refractivity contribution in [1.82, 2.24) is 15.3 Å². The van der Waals surface area contributed by atoms with Crippen molar-refractivity contribution in [3.05, 3.63) is 23.8 Å². The van der Waals surface area contributed by atoms with Gasteiger partial charge in [0.15, 0.2) is 0 Å². The number of rotatable bonds is 4. The van der Waals surface area contributed by atoms with Gasteiger partial charge in [-0.3, -0.25) is 4.79 Å².